The third-order valence-electron chi connectivity index (χ3n) is 3.42. The lowest BCUT2D eigenvalue weighted by atomic mass is 10.2. The minimum Gasteiger partial charge on any atom is -0.469 e. The summed E-state index contributed by atoms with van der Waals surface area (Å²) < 4.78 is 5.29. The number of carbonyl (C=O) groups is 1. The van der Waals surface area contributed by atoms with E-state index in [1.807, 2.05) is 39.2 Å². The second-order valence-corrected chi connectivity index (χ2v) is 6.51. The zero-order chi connectivity index (χ0) is 15.9. The molecule has 6 heteroatoms. The third kappa shape index (κ3) is 4.89. The highest BCUT2D eigenvalue weighted by Crippen LogP contribution is 2.22. The van der Waals surface area contributed by atoms with Gasteiger partial charge in [-0.2, -0.15) is 0 Å². The molecule has 0 fully saturated rings. The molecular weight excluding hydrogens is 298 g/mol. The number of furan rings is 1. The van der Waals surface area contributed by atoms with E-state index < -0.39 is 0 Å². The maximum atomic E-state index is 12.0. The Bertz CT molecular complexity index is 552. The summed E-state index contributed by atoms with van der Waals surface area (Å²) in [5.74, 6) is 0.873. The smallest absolute Gasteiger partial charge is 0.315 e. The van der Waals surface area contributed by atoms with Gasteiger partial charge in [-0.1, -0.05) is 6.07 Å². The van der Waals surface area contributed by atoms with Gasteiger partial charge in [0.2, 0.25) is 0 Å². The average Bonchev–Trinajstić information content (AvgIpc) is 3.11. The van der Waals surface area contributed by atoms with Crippen LogP contribution in [0.15, 0.2) is 40.3 Å². The zero-order valence-corrected chi connectivity index (χ0v) is 14.0. The number of likely N-dealkylation sites (N-methyl/N-ethyl adjacent to an activating group) is 1. The molecule has 2 N–H and O–H groups in total. The highest BCUT2D eigenvalue weighted by Gasteiger charge is 2.17. The Hall–Kier alpha value is -1.79. The molecule has 0 saturated heterocycles. The lowest BCUT2D eigenvalue weighted by Crippen LogP contribution is -2.44. The van der Waals surface area contributed by atoms with Crippen LogP contribution in [0.25, 0.3) is 0 Å². The normalized spacial score (nSPS) is 13.8. The molecule has 0 unspecified atom stereocenters. The molecule has 120 valence electrons. The summed E-state index contributed by atoms with van der Waals surface area (Å²) in [6.07, 6.45) is 2.33. The molecule has 0 spiro atoms. The molecule has 5 nitrogen and oxygen atoms in total. The number of hydrogen-bond donors (Lipinski definition) is 2. The van der Waals surface area contributed by atoms with Gasteiger partial charge in [0.25, 0.3) is 0 Å². The van der Waals surface area contributed by atoms with Crippen molar-refractivity contribution < 1.29 is 9.21 Å². The first-order valence-electron chi connectivity index (χ1n) is 7.33. The maximum absolute atomic E-state index is 12.0. The monoisotopic (exact) mass is 321 g/mol. The Morgan fingerprint density at radius 3 is 2.77 bits per heavy atom. The Morgan fingerprint density at radius 2 is 2.18 bits per heavy atom. The van der Waals surface area contributed by atoms with Crippen LogP contribution in [0.3, 0.4) is 0 Å². The fraction of sp³-hybridized carbons (Fsp3) is 0.438. The van der Waals surface area contributed by atoms with E-state index >= 15 is 0 Å². The van der Waals surface area contributed by atoms with Crippen LogP contribution < -0.4 is 10.6 Å². The molecule has 0 aliphatic carbocycles. The molecule has 22 heavy (non-hydrogen) atoms. The molecule has 0 bridgehead atoms. The highest BCUT2D eigenvalue weighted by atomic mass is 32.1. The number of thiophene rings is 1. The first-order chi connectivity index (χ1) is 10.6. The van der Waals surface area contributed by atoms with Gasteiger partial charge in [0.05, 0.1) is 12.3 Å². The number of carbonyl (C=O) groups excluding carboxylic acids is 1. The zero-order valence-electron chi connectivity index (χ0n) is 13.2. The molecule has 0 saturated carbocycles. The van der Waals surface area contributed by atoms with E-state index in [-0.39, 0.29) is 18.1 Å². The summed E-state index contributed by atoms with van der Waals surface area (Å²) in [4.78, 5) is 15.4. The number of nitrogens with one attached hydrogen (secondary N) is 2. The molecule has 0 aromatic carbocycles. The minimum atomic E-state index is -0.150. The molecule has 2 aromatic heterocycles. The molecule has 0 radical (unpaired) electrons. The fourth-order valence-corrected chi connectivity index (χ4v) is 3.19. The van der Waals surface area contributed by atoms with E-state index in [9.17, 15) is 4.79 Å². The Balaban J connectivity index is 1.78. The maximum Gasteiger partial charge on any atom is 0.315 e. The van der Waals surface area contributed by atoms with Crippen molar-refractivity contribution in [1.29, 1.82) is 0 Å². The molecular formula is C16H23N3O2S. The topological polar surface area (TPSA) is 57.5 Å². The van der Waals surface area contributed by atoms with Crippen LogP contribution in [0.2, 0.25) is 0 Å². The quantitative estimate of drug-likeness (QED) is 0.824. The number of rotatable bonds is 7. The van der Waals surface area contributed by atoms with Crippen LogP contribution in [-0.2, 0) is 6.42 Å². The van der Waals surface area contributed by atoms with Crippen LogP contribution in [0.5, 0.6) is 0 Å². The van der Waals surface area contributed by atoms with Crippen LogP contribution in [0.4, 0.5) is 4.79 Å². The SMILES string of the molecule is C[C@H](Cc1ccco1)NC(=O)NC[C@H](c1cccs1)N(C)C. The molecule has 2 heterocycles. The number of nitrogens with zero attached hydrogens (tertiary/aromatic N) is 1. The van der Waals surface area contributed by atoms with E-state index in [1.54, 1.807) is 17.6 Å². The van der Waals surface area contributed by atoms with Gasteiger partial charge >= 0.3 is 6.03 Å². The van der Waals surface area contributed by atoms with E-state index in [1.165, 1.54) is 4.88 Å². The standard InChI is InChI=1S/C16H23N3O2S/c1-12(10-13-6-4-8-21-13)18-16(20)17-11-14(19(2)3)15-7-5-9-22-15/h4-9,12,14H,10-11H2,1-3H3,(H2,17,18,20)/t12-,14-/m1/s1. The predicted octanol–water partition coefficient (Wildman–Crippen LogP) is 2.87. The molecule has 0 aliphatic heterocycles. The van der Waals surface area contributed by atoms with Gasteiger partial charge in [-0.3, -0.25) is 0 Å². The Morgan fingerprint density at radius 1 is 1.36 bits per heavy atom. The molecule has 0 aliphatic rings. The van der Waals surface area contributed by atoms with Crippen molar-refractivity contribution in [2.24, 2.45) is 0 Å². The summed E-state index contributed by atoms with van der Waals surface area (Å²) >= 11 is 1.70. The van der Waals surface area contributed by atoms with Crippen molar-refractivity contribution in [2.45, 2.75) is 25.4 Å². The van der Waals surface area contributed by atoms with Crippen molar-refractivity contribution in [3.05, 3.63) is 46.5 Å². The molecule has 2 rings (SSSR count). The van der Waals surface area contributed by atoms with Crippen LogP contribution in [-0.4, -0.2) is 37.6 Å². The number of hydrogen-bond acceptors (Lipinski definition) is 4. The summed E-state index contributed by atoms with van der Waals surface area (Å²) in [7, 11) is 4.03. The van der Waals surface area contributed by atoms with E-state index in [0.717, 1.165) is 5.76 Å². The molecule has 2 aromatic rings. The summed E-state index contributed by atoms with van der Waals surface area (Å²) in [6.45, 7) is 2.54. The number of amides is 2. The fourth-order valence-electron chi connectivity index (χ4n) is 2.26. The first kappa shape index (κ1) is 16.6. The van der Waals surface area contributed by atoms with E-state index in [0.29, 0.717) is 13.0 Å². The van der Waals surface area contributed by atoms with E-state index in [2.05, 4.69) is 27.0 Å². The minimum absolute atomic E-state index is 0.0192. The van der Waals surface area contributed by atoms with Gasteiger partial charge in [-0.05, 0) is 44.6 Å². The van der Waals surface area contributed by atoms with Crippen molar-refractivity contribution in [3.8, 4) is 0 Å². The largest absolute Gasteiger partial charge is 0.469 e. The first-order valence-corrected chi connectivity index (χ1v) is 8.21. The van der Waals surface area contributed by atoms with Crippen molar-refractivity contribution in [2.75, 3.05) is 20.6 Å². The second kappa shape index (κ2) is 8.00. The van der Waals surface area contributed by atoms with Crippen molar-refractivity contribution in [3.63, 3.8) is 0 Å². The average molecular weight is 321 g/mol. The molecule has 2 amide bonds. The van der Waals surface area contributed by atoms with Crippen molar-refractivity contribution >= 4 is 17.4 Å². The van der Waals surface area contributed by atoms with Crippen molar-refractivity contribution in [1.82, 2.24) is 15.5 Å². The molecule has 2 atom stereocenters. The van der Waals surface area contributed by atoms with E-state index in [4.69, 9.17) is 4.42 Å². The summed E-state index contributed by atoms with van der Waals surface area (Å²) in [5, 5.41) is 7.93. The van der Waals surface area contributed by atoms with Crippen LogP contribution in [0.1, 0.15) is 23.6 Å². The van der Waals surface area contributed by atoms with Gasteiger partial charge in [-0.25, -0.2) is 4.79 Å². The lowest BCUT2D eigenvalue weighted by molar-refractivity contribution is 0.230. The van der Waals surface area contributed by atoms with Gasteiger partial charge in [0.1, 0.15) is 5.76 Å². The van der Waals surface area contributed by atoms with Gasteiger partial charge < -0.3 is 20.0 Å². The van der Waals surface area contributed by atoms with Gasteiger partial charge in [0.15, 0.2) is 0 Å². The summed E-state index contributed by atoms with van der Waals surface area (Å²) in [5.41, 5.74) is 0. The number of urea groups is 1. The van der Waals surface area contributed by atoms with Gasteiger partial charge in [-0.15, -0.1) is 11.3 Å². The third-order valence-corrected chi connectivity index (χ3v) is 4.39. The highest BCUT2D eigenvalue weighted by molar-refractivity contribution is 7.10. The van der Waals surface area contributed by atoms with Crippen LogP contribution >= 0.6 is 11.3 Å². The second-order valence-electron chi connectivity index (χ2n) is 5.53. The Labute approximate surface area is 135 Å². The predicted molar refractivity (Wildman–Crippen MR) is 89.2 cm³/mol. The Kier molecular flexibility index (Phi) is 6.03. The van der Waals surface area contributed by atoms with Gasteiger partial charge in [0, 0.05) is 23.9 Å². The summed E-state index contributed by atoms with van der Waals surface area (Å²) in [6, 6.07) is 7.94. The van der Waals surface area contributed by atoms with Crippen LogP contribution in [0, 0.1) is 0 Å². The lowest BCUT2D eigenvalue weighted by Gasteiger charge is -2.24.